The third-order valence-corrected chi connectivity index (χ3v) is 3.19. The minimum Gasteiger partial charge on any atom is -0.469 e. The van der Waals surface area contributed by atoms with E-state index in [0.717, 1.165) is 6.07 Å². The molecule has 0 N–H and O–H groups in total. The van der Waals surface area contributed by atoms with Crippen LogP contribution in [0.15, 0.2) is 18.2 Å². The first kappa shape index (κ1) is 16.9. The molecular formula is C13H15ClN2O5. The van der Waals surface area contributed by atoms with E-state index < -0.39 is 10.9 Å². The third kappa shape index (κ3) is 4.42. The maximum absolute atomic E-state index is 12.3. The van der Waals surface area contributed by atoms with Crippen LogP contribution in [0, 0.1) is 10.1 Å². The Kier molecular flexibility index (Phi) is 6.10. The maximum Gasteiger partial charge on any atom is 0.307 e. The Balaban J connectivity index is 2.90. The summed E-state index contributed by atoms with van der Waals surface area (Å²) in [5.41, 5.74) is -0.0249. The van der Waals surface area contributed by atoms with Crippen molar-refractivity contribution >= 4 is 29.2 Å². The number of amides is 1. The van der Waals surface area contributed by atoms with Gasteiger partial charge in [-0.3, -0.25) is 19.7 Å². The van der Waals surface area contributed by atoms with Crippen LogP contribution in [0.2, 0.25) is 5.02 Å². The molecule has 0 aromatic heterocycles. The van der Waals surface area contributed by atoms with Crippen LogP contribution in [0.5, 0.6) is 0 Å². The SMILES string of the molecule is CCN(CCC(=O)OC)C(=O)c1ccc([N+](=O)[O-])cc1Cl. The second-order valence-corrected chi connectivity index (χ2v) is 4.54. The number of esters is 1. The molecule has 0 aliphatic heterocycles. The first-order valence-corrected chi connectivity index (χ1v) is 6.58. The number of carbonyl (C=O) groups is 2. The van der Waals surface area contributed by atoms with E-state index in [9.17, 15) is 19.7 Å². The number of nitro benzene ring substituents is 1. The van der Waals surface area contributed by atoms with Crippen molar-refractivity contribution in [2.24, 2.45) is 0 Å². The highest BCUT2D eigenvalue weighted by Gasteiger charge is 2.20. The van der Waals surface area contributed by atoms with E-state index in [1.54, 1.807) is 6.92 Å². The van der Waals surface area contributed by atoms with E-state index in [1.165, 1.54) is 24.1 Å². The predicted octanol–water partition coefficient (Wildman–Crippen LogP) is 2.27. The van der Waals surface area contributed by atoms with Crippen molar-refractivity contribution in [1.29, 1.82) is 0 Å². The van der Waals surface area contributed by atoms with Crippen LogP contribution >= 0.6 is 11.6 Å². The fraction of sp³-hybridized carbons (Fsp3) is 0.385. The van der Waals surface area contributed by atoms with Gasteiger partial charge in [0.05, 0.1) is 29.0 Å². The van der Waals surface area contributed by atoms with Crippen LogP contribution in [0.25, 0.3) is 0 Å². The minimum absolute atomic E-state index is 0.00529. The van der Waals surface area contributed by atoms with E-state index in [-0.39, 0.29) is 35.1 Å². The average Bonchev–Trinajstić information content (AvgIpc) is 2.46. The van der Waals surface area contributed by atoms with Gasteiger partial charge in [0.25, 0.3) is 11.6 Å². The molecule has 0 radical (unpaired) electrons. The second-order valence-electron chi connectivity index (χ2n) is 4.13. The van der Waals surface area contributed by atoms with Crippen LogP contribution < -0.4 is 0 Å². The Labute approximate surface area is 126 Å². The third-order valence-electron chi connectivity index (χ3n) is 2.88. The van der Waals surface area contributed by atoms with Crippen molar-refractivity contribution in [2.45, 2.75) is 13.3 Å². The van der Waals surface area contributed by atoms with E-state index >= 15 is 0 Å². The highest BCUT2D eigenvalue weighted by molar-refractivity contribution is 6.34. The number of benzene rings is 1. The number of carbonyl (C=O) groups excluding carboxylic acids is 2. The standard InChI is InChI=1S/C13H15ClN2O5/c1-3-15(7-6-12(17)21-2)13(18)10-5-4-9(16(19)20)8-11(10)14/h4-5,8H,3,6-7H2,1-2H3. The van der Waals surface area contributed by atoms with Gasteiger partial charge in [0.15, 0.2) is 0 Å². The van der Waals surface area contributed by atoms with Gasteiger partial charge in [-0.2, -0.15) is 0 Å². The predicted molar refractivity (Wildman–Crippen MR) is 76.3 cm³/mol. The number of nitro groups is 1. The molecule has 1 rings (SSSR count). The van der Waals surface area contributed by atoms with Gasteiger partial charge in [0, 0.05) is 25.2 Å². The van der Waals surface area contributed by atoms with Gasteiger partial charge in [0.1, 0.15) is 0 Å². The van der Waals surface area contributed by atoms with E-state index in [2.05, 4.69) is 4.74 Å². The van der Waals surface area contributed by atoms with Crippen molar-refractivity contribution in [3.63, 3.8) is 0 Å². The molecule has 1 aromatic carbocycles. The highest BCUT2D eigenvalue weighted by Crippen LogP contribution is 2.23. The lowest BCUT2D eigenvalue weighted by molar-refractivity contribution is -0.384. The van der Waals surface area contributed by atoms with Crippen LogP contribution in [-0.4, -0.2) is 41.9 Å². The molecule has 7 nitrogen and oxygen atoms in total. The Morgan fingerprint density at radius 3 is 2.57 bits per heavy atom. The molecule has 114 valence electrons. The van der Waals surface area contributed by atoms with Crippen LogP contribution in [0.4, 0.5) is 5.69 Å². The summed E-state index contributed by atoms with van der Waals surface area (Å²) < 4.78 is 4.52. The normalized spacial score (nSPS) is 10.0. The molecular weight excluding hydrogens is 300 g/mol. The number of rotatable bonds is 6. The van der Waals surface area contributed by atoms with Gasteiger partial charge in [-0.05, 0) is 13.0 Å². The molecule has 0 atom stereocenters. The molecule has 0 bridgehead atoms. The van der Waals surface area contributed by atoms with Crippen LogP contribution in [-0.2, 0) is 9.53 Å². The van der Waals surface area contributed by atoms with Gasteiger partial charge < -0.3 is 9.64 Å². The zero-order valence-electron chi connectivity index (χ0n) is 11.7. The number of non-ortho nitro benzene ring substituents is 1. The number of methoxy groups -OCH3 is 1. The minimum atomic E-state index is -0.588. The van der Waals surface area contributed by atoms with Gasteiger partial charge in [-0.15, -0.1) is 0 Å². The number of ether oxygens (including phenoxy) is 1. The molecule has 0 unspecified atom stereocenters. The Bertz CT molecular complexity index is 561. The molecule has 8 heteroatoms. The molecule has 0 saturated carbocycles. The van der Waals surface area contributed by atoms with Crippen LogP contribution in [0.1, 0.15) is 23.7 Å². The molecule has 1 aromatic rings. The van der Waals surface area contributed by atoms with Crippen molar-refractivity contribution in [1.82, 2.24) is 4.90 Å². The number of hydrogen-bond acceptors (Lipinski definition) is 5. The fourth-order valence-corrected chi connectivity index (χ4v) is 1.95. The smallest absolute Gasteiger partial charge is 0.307 e. The fourth-order valence-electron chi connectivity index (χ4n) is 1.69. The summed E-state index contributed by atoms with van der Waals surface area (Å²) in [7, 11) is 1.27. The quantitative estimate of drug-likeness (QED) is 0.456. The van der Waals surface area contributed by atoms with Crippen molar-refractivity contribution in [3.8, 4) is 0 Å². The molecule has 0 spiro atoms. The van der Waals surface area contributed by atoms with Gasteiger partial charge >= 0.3 is 5.97 Å². The number of halogens is 1. The van der Waals surface area contributed by atoms with Crippen LogP contribution in [0.3, 0.4) is 0 Å². The molecule has 0 aliphatic rings. The summed E-state index contributed by atoms with van der Waals surface area (Å²) in [4.78, 5) is 34.9. The first-order valence-electron chi connectivity index (χ1n) is 6.20. The monoisotopic (exact) mass is 314 g/mol. The van der Waals surface area contributed by atoms with Gasteiger partial charge in [-0.25, -0.2) is 0 Å². The molecule has 0 fully saturated rings. The summed E-state index contributed by atoms with van der Waals surface area (Å²) in [6.07, 6.45) is 0.0701. The summed E-state index contributed by atoms with van der Waals surface area (Å²) in [6.45, 7) is 2.33. The van der Waals surface area contributed by atoms with Crippen molar-refractivity contribution in [2.75, 3.05) is 20.2 Å². The largest absolute Gasteiger partial charge is 0.469 e. The molecule has 0 aliphatic carbocycles. The van der Waals surface area contributed by atoms with Gasteiger partial charge in [0.2, 0.25) is 0 Å². The Morgan fingerprint density at radius 2 is 2.10 bits per heavy atom. The lowest BCUT2D eigenvalue weighted by atomic mass is 10.1. The topological polar surface area (TPSA) is 89.8 Å². The summed E-state index contributed by atoms with van der Waals surface area (Å²) >= 11 is 5.92. The van der Waals surface area contributed by atoms with E-state index in [0.29, 0.717) is 6.54 Å². The van der Waals surface area contributed by atoms with Gasteiger partial charge in [-0.1, -0.05) is 11.6 Å². The first-order chi connectivity index (χ1) is 9.90. The summed E-state index contributed by atoms with van der Waals surface area (Å²) in [5.74, 6) is -0.808. The number of hydrogen-bond donors (Lipinski definition) is 0. The molecule has 0 saturated heterocycles. The molecule has 0 heterocycles. The highest BCUT2D eigenvalue weighted by atomic mass is 35.5. The van der Waals surface area contributed by atoms with Crippen molar-refractivity contribution in [3.05, 3.63) is 38.9 Å². The molecule has 21 heavy (non-hydrogen) atoms. The summed E-state index contributed by atoms with van der Waals surface area (Å²) in [5, 5.41) is 10.6. The lowest BCUT2D eigenvalue weighted by Gasteiger charge is -2.20. The van der Waals surface area contributed by atoms with Crippen molar-refractivity contribution < 1.29 is 19.2 Å². The second kappa shape index (κ2) is 7.58. The zero-order valence-corrected chi connectivity index (χ0v) is 12.4. The number of nitrogens with zero attached hydrogens (tertiary/aromatic N) is 2. The summed E-state index contributed by atoms with van der Waals surface area (Å²) in [6, 6.07) is 3.65. The lowest BCUT2D eigenvalue weighted by Crippen LogP contribution is -2.33. The zero-order chi connectivity index (χ0) is 16.0. The average molecular weight is 315 g/mol. The van der Waals surface area contributed by atoms with E-state index in [1.807, 2.05) is 0 Å². The Morgan fingerprint density at radius 1 is 1.43 bits per heavy atom. The van der Waals surface area contributed by atoms with E-state index in [4.69, 9.17) is 11.6 Å². The Hall–Kier alpha value is -2.15. The maximum atomic E-state index is 12.3. The molecule has 1 amide bonds.